The van der Waals surface area contributed by atoms with Crippen LogP contribution in [0.2, 0.25) is 0 Å². The third kappa shape index (κ3) is 5.46. The minimum absolute atomic E-state index is 0.468. The van der Waals surface area contributed by atoms with Gasteiger partial charge in [0.05, 0.1) is 7.11 Å². The summed E-state index contributed by atoms with van der Waals surface area (Å²) in [6.07, 6.45) is 1.25. The number of aromatic nitrogens is 1. The molecule has 0 saturated carbocycles. The van der Waals surface area contributed by atoms with Crippen molar-refractivity contribution in [3.05, 3.63) is 41.7 Å². The Kier molecular flexibility index (Phi) is 6.50. The van der Waals surface area contributed by atoms with E-state index in [1.54, 1.807) is 13.2 Å². The van der Waals surface area contributed by atoms with Crippen molar-refractivity contribution in [2.45, 2.75) is 33.8 Å². The standard InChI is InChI=1S/C12H13NO3.C3H8/c1-9-7-12(13-16-9)15-8-10-3-5-11(14-2)6-4-10;1-3-2/h3-7H,8H2,1-2H3;3H2,1-2H3. The van der Waals surface area contributed by atoms with Crippen molar-refractivity contribution in [1.82, 2.24) is 5.16 Å². The van der Waals surface area contributed by atoms with Gasteiger partial charge in [0.25, 0.3) is 5.88 Å². The highest BCUT2D eigenvalue weighted by atomic mass is 16.5. The molecule has 1 aromatic heterocycles. The van der Waals surface area contributed by atoms with Crippen LogP contribution in [0.3, 0.4) is 0 Å². The van der Waals surface area contributed by atoms with E-state index < -0.39 is 0 Å². The van der Waals surface area contributed by atoms with Crippen LogP contribution in [0.15, 0.2) is 34.9 Å². The molecule has 2 aromatic rings. The molecule has 2 rings (SSSR count). The van der Waals surface area contributed by atoms with Crippen LogP contribution in [-0.2, 0) is 6.61 Å². The van der Waals surface area contributed by atoms with Gasteiger partial charge in [-0.3, -0.25) is 0 Å². The first kappa shape index (κ1) is 15.1. The van der Waals surface area contributed by atoms with E-state index in [0.717, 1.165) is 17.1 Å². The lowest BCUT2D eigenvalue weighted by atomic mass is 10.2. The van der Waals surface area contributed by atoms with E-state index in [0.29, 0.717) is 12.5 Å². The van der Waals surface area contributed by atoms with Gasteiger partial charge in [-0.1, -0.05) is 32.4 Å². The summed E-state index contributed by atoms with van der Waals surface area (Å²) < 4.78 is 15.4. The van der Waals surface area contributed by atoms with Gasteiger partial charge in [0, 0.05) is 6.07 Å². The molecule has 1 aromatic carbocycles. The van der Waals surface area contributed by atoms with Crippen molar-refractivity contribution >= 4 is 0 Å². The lowest BCUT2D eigenvalue weighted by molar-refractivity contribution is 0.267. The Balaban J connectivity index is 0.000000550. The molecule has 4 nitrogen and oxygen atoms in total. The molecule has 1 heterocycles. The number of aryl methyl sites for hydroxylation is 1. The molecule has 0 bridgehead atoms. The fraction of sp³-hybridized carbons (Fsp3) is 0.400. The zero-order chi connectivity index (χ0) is 14.1. The zero-order valence-corrected chi connectivity index (χ0v) is 12.0. The largest absolute Gasteiger partial charge is 0.497 e. The van der Waals surface area contributed by atoms with Crippen molar-refractivity contribution in [2.24, 2.45) is 0 Å². The Hall–Kier alpha value is -1.97. The SMILES string of the molecule is CCC.COc1ccc(COc2cc(C)on2)cc1. The maximum Gasteiger partial charge on any atom is 0.254 e. The summed E-state index contributed by atoms with van der Waals surface area (Å²) in [7, 11) is 1.64. The first-order valence-corrected chi connectivity index (χ1v) is 6.38. The van der Waals surface area contributed by atoms with Crippen molar-refractivity contribution in [1.29, 1.82) is 0 Å². The lowest BCUT2D eigenvalue weighted by Crippen LogP contribution is -1.95. The molecule has 104 valence electrons. The molecule has 0 fully saturated rings. The average molecular weight is 263 g/mol. The third-order valence-corrected chi connectivity index (χ3v) is 2.15. The number of nitrogens with zero attached hydrogens (tertiary/aromatic N) is 1. The van der Waals surface area contributed by atoms with Crippen LogP contribution in [-0.4, -0.2) is 12.3 Å². The number of hydrogen-bond donors (Lipinski definition) is 0. The average Bonchev–Trinajstić information content (AvgIpc) is 2.84. The molecule has 4 heteroatoms. The second kappa shape index (κ2) is 8.19. The molecule has 19 heavy (non-hydrogen) atoms. The Labute approximate surface area is 114 Å². The minimum atomic E-state index is 0.468. The van der Waals surface area contributed by atoms with E-state index >= 15 is 0 Å². The Morgan fingerprint density at radius 1 is 1.16 bits per heavy atom. The smallest absolute Gasteiger partial charge is 0.254 e. The number of methoxy groups -OCH3 is 1. The van der Waals surface area contributed by atoms with Crippen molar-refractivity contribution in [3.63, 3.8) is 0 Å². The molecule has 0 aliphatic carbocycles. The van der Waals surface area contributed by atoms with Gasteiger partial charge < -0.3 is 14.0 Å². The molecule has 0 N–H and O–H groups in total. The van der Waals surface area contributed by atoms with E-state index in [1.165, 1.54) is 6.42 Å². The van der Waals surface area contributed by atoms with Gasteiger partial charge in [0.15, 0.2) is 0 Å². The van der Waals surface area contributed by atoms with Crippen LogP contribution in [0.1, 0.15) is 31.6 Å². The molecule has 0 radical (unpaired) electrons. The van der Waals surface area contributed by atoms with Gasteiger partial charge >= 0.3 is 0 Å². The molecular weight excluding hydrogens is 242 g/mol. The monoisotopic (exact) mass is 263 g/mol. The second-order valence-electron chi connectivity index (χ2n) is 4.12. The summed E-state index contributed by atoms with van der Waals surface area (Å²) >= 11 is 0. The van der Waals surface area contributed by atoms with E-state index in [4.69, 9.17) is 14.0 Å². The maximum atomic E-state index is 5.44. The van der Waals surface area contributed by atoms with Crippen molar-refractivity contribution in [2.75, 3.05) is 7.11 Å². The summed E-state index contributed by atoms with van der Waals surface area (Å²) in [6.45, 7) is 6.54. The van der Waals surface area contributed by atoms with Gasteiger partial charge in [0.2, 0.25) is 0 Å². The molecular formula is C15H21NO3. The van der Waals surface area contributed by atoms with Gasteiger partial charge in [-0.05, 0) is 29.8 Å². The Morgan fingerprint density at radius 3 is 2.26 bits per heavy atom. The van der Waals surface area contributed by atoms with Crippen LogP contribution in [0.25, 0.3) is 0 Å². The summed E-state index contributed by atoms with van der Waals surface area (Å²) in [5, 5.41) is 3.74. The lowest BCUT2D eigenvalue weighted by Gasteiger charge is -2.03. The molecule has 0 aliphatic heterocycles. The van der Waals surface area contributed by atoms with Crippen LogP contribution in [0.4, 0.5) is 0 Å². The van der Waals surface area contributed by atoms with Gasteiger partial charge in [-0.25, -0.2) is 0 Å². The highest BCUT2D eigenvalue weighted by Gasteiger charge is 2.01. The summed E-state index contributed by atoms with van der Waals surface area (Å²) in [5.74, 6) is 2.08. The van der Waals surface area contributed by atoms with Crippen molar-refractivity contribution < 1.29 is 14.0 Å². The highest BCUT2D eigenvalue weighted by Crippen LogP contribution is 2.15. The first-order valence-electron chi connectivity index (χ1n) is 6.38. The van der Waals surface area contributed by atoms with Crippen LogP contribution < -0.4 is 9.47 Å². The summed E-state index contributed by atoms with van der Waals surface area (Å²) in [5.41, 5.74) is 1.06. The summed E-state index contributed by atoms with van der Waals surface area (Å²) in [4.78, 5) is 0. The third-order valence-electron chi connectivity index (χ3n) is 2.15. The quantitative estimate of drug-likeness (QED) is 0.836. The Morgan fingerprint density at radius 2 is 1.79 bits per heavy atom. The molecule has 0 spiro atoms. The number of benzene rings is 1. The van der Waals surface area contributed by atoms with E-state index in [9.17, 15) is 0 Å². The number of ether oxygens (including phenoxy) is 2. The molecule has 0 atom stereocenters. The molecule has 0 aliphatic rings. The fourth-order valence-electron chi connectivity index (χ4n) is 1.29. The zero-order valence-electron chi connectivity index (χ0n) is 12.0. The molecule has 0 unspecified atom stereocenters. The highest BCUT2D eigenvalue weighted by molar-refractivity contribution is 5.27. The second-order valence-corrected chi connectivity index (χ2v) is 4.12. The fourth-order valence-corrected chi connectivity index (χ4v) is 1.29. The predicted molar refractivity (Wildman–Crippen MR) is 74.5 cm³/mol. The van der Waals surface area contributed by atoms with E-state index in [2.05, 4.69) is 19.0 Å². The normalized spacial score (nSPS) is 9.47. The van der Waals surface area contributed by atoms with Gasteiger partial charge in [-0.2, -0.15) is 0 Å². The summed E-state index contributed by atoms with van der Waals surface area (Å²) in [6, 6.07) is 9.44. The van der Waals surface area contributed by atoms with E-state index in [1.807, 2.05) is 31.2 Å². The molecule has 0 saturated heterocycles. The topological polar surface area (TPSA) is 44.5 Å². The maximum absolute atomic E-state index is 5.44. The van der Waals surface area contributed by atoms with E-state index in [-0.39, 0.29) is 0 Å². The predicted octanol–water partition coefficient (Wildman–Crippen LogP) is 3.99. The Bertz CT molecular complexity index is 462. The van der Waals surface area contributed by atoms with Crippen molar-refractivity contribution in [3.8, 4) is 11.6 Å². The first-order chi connectivity index (χ1) is 9.19. The molecule has 0 amide bonds. The van der Waals surface area contributed by atoms with Gasteiger partial charge in [-0.15, -0.1) is 0 Å². The number of rotatable bonds is 4. The van der Waals surface area contributed by atoms with Gasteiger partial charge in [0.1, 0.15) is 18.1 Å². The van der Waals surface area contributed by atoms with Crippen LogP contribution >= 0.6 is 0 Å². The minimum Gasteiger partial charge on any atom is -0.497 e. The van der Waals surface area contributed by atoms with Crippen LogP contribution in [0, 0.1) is 6.92 Å². The number of hydrogen-bond acceptors (Lipinski definition) is 4. The van der Waals surface area contributed by atoms with Crippen LogP contribution in [0.5, 0.6) is 11.6 Å².